The molecular weight excluding hydrogens is 304 g/mol. The van der Waals surface area contributed by atoms with E-state index < -0.39 is 6.10 Å². The normalized spacial score (nSPS) is 23.0. The molecule has 2 rings (SSSR count). The number of aliphatic imine (C=N–C) groups is 1. The third-order valence-electron chi connectivity index (χ3n) is 3.72. The second kappa shape index (κ2) is 7.72. The van der Waals surface area contributed by atoms with Crippen molar-refractivity contribution in [2.75, 3.05) is 0 Å². The summed E-state index contributed by atoms with van der Waals surface area (Å²) in [6, 6.07) is 0.173. The summed E-state index contributed by atoms with van der Waals surface area (Å²) in [6.07, 6.45) is 6.34. The van der Waals surface area contributed by atoms with E-state index in [1.54, 1.807) is 12.2 Å². The van der Waals surface area contributed by atoms with Crippen LogP contribution in [-0.4, -0.2) is 40.0 Å². The van der Waals surface area contributed by atoms with Crippen LogP contribution >= 0.6 is 12.4 Å². The van der Waals surface area contributed by atoms with Crippen LogP contribution in [0.25, 0.3) is 0 Å². The molecule has 1 aliphatic heterocycles. The van der Waals surface area contributed by atoms with Gasteiger partial charge in [-0.1, -0.05) is 32.9 Å². The lowest BCUT2D eigenvalue weighted by Gasteiger charge is -2.32. The summed E-state index contributed by atoms with van der Waals surface area (Å²) in [5, 5.41) is 23.9. The van der Waals surface area contributed by atoms with Gasteiger partial charge in [0.15, 0.2) is 0 Å². The Morgan fingerprint density at radius 2 is 2.05 bits per heavy atom. The zero-order valence-electron chi connectivity index (χ0n) is 13.0. The summed E-state index contributed by atoms with van der Waals surface area (Å²) in [6.45, 7) is 6.07. The molecule has 0 aromatic rings. The SMILES string of the molecule is CC[C@H](NC(C)C)[C@H](O)C1=CC=C(O)C2=NC(=O)C=CC12.Cl. The molecule has 0 aromatic heterocycles. The maximum Gasteiger partial charge on any atom is 0.269 e. The summed E-state index contributed by atoms with van der Waals surface area (Å²) in [5.41, 5.74) is 1.06. The minimum absolute atomic E-state index is 0. The molecule has 1 amide bonds. The largest absolute Gasteiger partial charge is 0.506 e. The second-order valence-corrected chi connectivity index (χ2v) is 5.67. The van der Waals surface area contributed by atoms with Gasteiger partial charge in [0.2, 0.25) is 0 Å². The van der Waals surface area contributed by atoms with E-state index in [-0.39, 0.29) is 42.1 Å². The van der Waals surface area contributed by atoms with Crippen LogP contribution in [0, 0.1) is 5.92 Å². The number of aliphatic hydroxyl groups excluding tert-OH is 2. The van der Waals surface area contributed by atoms with E-state index >= 15 is 0 Å². The van der Waals surface area contributed by atoms with Crippen molar-refractivity contribution >= 4 is 24.0 Å². The van der Waals surface area contributed by atoms with Crippen LogP contribution in [0.15, 0.2) is 40.6 Å². The number of nitrogens with one attached hydrogen (secondary N) is 1. The molecule has 2 aliphatic rings. The Kier molecular flexibility index (Phi) is 6.53. The summed E-state index contributed by atoms with van der Waals surface area (Å²) >= 11 is 0. The number of carbonyl (C=O) groups excluding carboxylic acids is 1. The highest BCUT2D eigenvalue weighted by atomic mass is 35.5. The minimum atomic E-state index is -0.699. The highest BCUT2D eigenvalue weighted by molar-refractivity contribution is 6.13. The summed E-state index contributed by atoms with van der Waals surface area (Å²) < 4.78 is 0. The first-order valence-corrected chi connectivity index (χ1v) is 7.30. The molecular formula is C16H23ClN2O3. The Balaban J connectivity index is 0.00000242. The van der Waals surface area contributed by atoms with Gasteiger partial charge < -0.3 is 15.5 Å². The van der Waals surface area contributed by atoms with Gasteiger partial charge in [0.05, 0.1) is 11.8 Å². The van der Waals surface area contributed by atoms with Crippen LogP contribution < -0.4 is 5.32 Å². The number of rotatable bonds is 5. The molecule has 3 N–H and O–H groups in total. The van der Waals surface area contributed by atoms with Gasteiger partial charge in [-0.2, -0.15) is 0 Å². The summed E-state index contributed by atoms with van der Waals surface area (Å²) in [4.78, 5) is 15.2. The quantitative estimate of drug-likeness (QED) is 0.722. The molecule has 0 saturated heterocycles. The lowest BCUT2D eigenvalue weighted by molar-refractivity contribution is -0.113. The average molecular weight is 327 g/mol. The lowest BCUT2D eigenvalue weighted by Crippen LogP contribution is -2.46. The lowest BCUT2D eigenvalue weighted by atomic mass is 9.81. The number of allylic oxidation sites excluding steroid dienone is 4. The predicted molar refractivity (Wildman–Crippen MR) is 89.5 cm³/mol. The Hall–Kier alpha value is -1.43. The Morgan fingerprint density at radius 3 is 2.64 bits per heavy atom. The number of halogens is 1. The number of carbonyl (C=O) groups is 1. The van der Waals surface area contributed by atoms with Crippen molar-refractivity contribution in [1.29, 1.82) is 0 Å². The molecule has 5 nitrogen and oxygen atoms in total. The fourth-order valence-electron chi connectivity index (χ4n) is 2.72. The topological polar surface area (TPSA) is 81.9 Å². The molecule has 22 heavy (non-hydrogen) atoms. The van der Waals surface area contributed by atoms with Crippen molar-refractivity contribution in [2.24, 2.45) is 10.9 Å². The summed E-state index contributed by atoms with van der Waals surface area (Å²) in [7, 11) is 0. The average Bonchev–Trinajstić information content (AvgIpc) is 2.45. The molecule has 0 fully saturated rings. The smallest absolute Gasteiger partial charge is 0.269 e. The third-order valence-corrected chi connectivity index (χ3v) is 3.72. The van der Waals surface area contributed by atoms with Crippen molar-refractivity contribution in [2.45, 2.75) is 45.4 Å². The molecule has 1 heterocycles. The first kappa shape index (κ1) is 18.6. The standard InChI is InChI=1S/C16H22N2O3.ClH/c1-4-12(17-9(2)3)16(21)11-5-7-13(19)15-10(11)6-8-14(20)18-15;/h5-10,12,16-17,19,21H,4H2,1-3H3;1H/t10?,12-,16+;/m0./s1. The molecule has 6 heteroatoms. The van der Waals surface area contributed by atoms with E-state index in [0.29, 0.717) is 5.71 Å². The van der Waals surface area contributed by atoms with Crippen LogP contribution in [0.5, 0.6) is 0 Å². The van der Waals surface area contributed by atoms with Crippen molar-refractivity contribution < 1.29 is 15.0 Å². The van der Waals surface area contributed by atoms with Gasteiger partial charge in [-0.05, 0) is 18.1 Å². The maximum atomic E-state index is 11.4. The Morgan fingerprint density at radius 1 is 1.36 bits per heavy atom. The first-order valence-electron chi connectivity index (χ1n) is 7.30. The van der Waals surface area contributed by atoms with Crippen LogP contribution in [0.4, 0.5) is 0 Å². The number of amides is 1. The van der Waals surface area contributed by atoms with Crippen LogP contribution in [0.3, 0.4) is 0 Å². The van der Waals surface area contributed by atoms with Gasteiger partial charge in [-0.25, -0.2) is 4.99 Å². The van der Waals surface area contributed by atoms with Crippen LogP contribution in [0.1, 0.15) is 27.2 Å². The number of dihydropyridines is 1. The molecule has 122 valence electrons. The zero-order chi connectivity index (χ0) is 15.6. The van der Waals surface area contributed by atoms with Crippen molar-refractivity contribution in [3.63, 3.8) is 0 Å². The summed E-state index contributed by atoms with van der Waals surface area (Å²) in [5.74, 6) is -0.742. The fraction of sp³-hybridized carbons (Fsp3) is 0.500. The van der Waals surface area contributed by atoms with Crippen LogP contribution in [-0.2, 0) is 4.79 Å². The van der Waals surface area contributed by atoms with E-state index in [1.807, 2.05) is 20.8 Å². The molecule has 3 atom stereocenters. The monoisotopic (exact) mass is 326 g/mol. The first-order chi connectivity index (χ1) is 9.93. The highest BCUT2D eigenvalue weighted by Crippen LogP contribution is 2.30. The zero-order valence-corrected chi connectivity index (χ0v) is 13.8. The number of aliphatic hydroxyl groups is 2. The van der Waals surface area contributed by atoms with Crippen molar-refractivity contribution in [3.05, 3.63) is 35.6 Å². The van der Waals surface area contributed by atoms with E-state index in [4.69, 9.17) is 0 Å². The maximum absolute atomic E-state index is 11.4. The predicted octanol–water partition coefficient (Wildman–Crippen LogP) is 2.08. The highest BCUT2D eigenvalue weighted by Gasteiger charge is 2.33. The second-order valence-electron chi connectivity index (χ2n) is 5.67. The Labute approximate surface area is 136 Å². The van der Waals surface area contributed by atoms with Gasteiger partial charge in [-0.3, -0.25) is 4.79 Å². The molecule has 1 unspecified atom stereocenters. The number of hydrogen-bond acceptors (Lipinski definition) is 4. The number of hydrogen-bond donors (Lipinski definition) is 3. The number of fused-ring (bicyclic) bond motifs is 1. The van der Waals surface area contributed by atoms with E-state index in [1.165, 1.54) is 12.2 Å². The molecule has 0 radical (unpaired) electrons. The van der Waals surface area contributed by atoms with Crippen LogP contribution in [0.2, 0.25) is 0 Å². The third kappa shape index (κ3) is 3.85. The van der Waals surface area contributed by atoms with Gasteiger partial charge in [0.1, 0.15) is 5.76 Å². The molecule has 0 aromatic carbocycles. The van der Waals surface area contributed by atoms with Crippen molar-refractivity contribution in [3.8, 4) is 0 Å². The molecule has 1 aliphatic carbocycles. The van der Waals surface area contributed by atoms with Gasteiger partial charge in [0, 0.05) is 24.1 Å². The number of nitrogens with zero attached hydrogens (tertiary/aromatic N) is 1. The molecule has 0 bridgehead atoms. The van der Waals surface area contributed by atoms with E-state index in [9.17, 15) is 15.0 Å². The van der Waals surface area contributed by atoms with Gasteiger partial charge >= 0.3 is 0 Å². The van der Waals surface area contributed by atoms with E-state index in [0.717, 1.165) is 12.0 Å². The molecule has 0 saturated carbocycles. The van der Waals surface area contributed by atoms with Gasteiger partial charge in [-0.15, -0.1) is 12.4 Å². The minimum Gasteiger partial charge on any atom is -0.506 e. The van der Waals surface area contributed by atoms with E-state index in [2.05, 4.69) is 10.3 Å². The fourth-order valence-corrected chi connectivity index (χ4v) is 2.72. The van der Waals surface area contributed by atoms with Crippen molar-refractivity contribution in [1.82, 2.24) is 5.32 Å². The molecule has 0 spiro atoms. The Bertz CT molecular complexity index is 550. The van der Waals surface area contributed by atoms with Gasteiger partial charge in [0.25, 0.3) is 5.91 Å².